The molecule has 1 unspecified atom stereocenters. The van der Waals surface area contributed by atoms with E-state index in [4.69, 9.17) is 10.5 Å². The van der Waals surface area contributed by atoms with E-state index in [1.54, 1.807) is 6.07 Å². The summed E-state index contributed by atoms with van der Waals surface area (Å²) in [4.78, 5) is 20.7. The maximum atomic E-state index is 14.5. The monoisotopic (exact) mass is 433 g/mol. The van der Waals surface area contributed by atoms with E-state index in [1.807, 2.05) is 0 Å². The van der Waals surface area contributed by atoms with Gasteiger partial charge in [-0.2, -0.15) is 0 Å². The lowest BCUT2D eigenvalue weighted by Crippen LogP contribution is -2.72. The van der Waals surface area contributed by atoms with E-state index < -0.39 is 32.4 Å². The van der Waals surface area contributed by atoms with Crippen molar-refractivity contribution in [1.29, 1.82) is 0 Å². The van der Waals surface area contributed by atoms with Gasteiger partial charge in [-0.05, 0) is 30.3 Å². The minimum Gasteiger partial charge on any atom is -0.495 e. The molecule has 0 saturated carbocycles. The Morgan fingerprint density at radius 1 is 1.33 bits per heavy atom. The summed E-state index contributed by atoms with van der Waals surface area (Å²) in [5.74, 6) is -1.01. The highest BCUT2D eigenvalue weighted by Gasteiger charge is 2.55. The molecule has 2 aliphatic heterocycles. The van der Waals surface area contributed by atoms with Crippen LogP contribution < -0.4 is 21.1 Å². The summed E-state index contributed by atoms with van der Waals surface area (Å²) in [5.41, 5.74) is 6.44. The first-order valence-electron chi connectivity index (χ1n) is 9.13. The van der Waals surface area contributed by atoms with Crippen LogP contribution in [0.2, 0.25) is 0 Å². The molecular formula is C19H20FN5O4S. The van der Waals surface area contributed by atoms with E-state index in [9.17, 15) is 17.6 Å². The summed E-state index contributed by atoms with van der Waals surface area (Å²) in [7, 11) is -2.14. The van der Waals surface area contributed by atoms with E-state index in [2.05, 4.69) is 20.6 Å². The summed E-state index contributed by atoms with van der Waals surface area (Å²) in [6, 6.07) is 5.99. The number of aliphatic imine (C=N–C) groups is 1. The van der Waals surface area contributed by atoms with Crippen LogP contribution in [-0.4, -0.2) is 55.8 Å². The Labute approximate surface area is 172 Å². The minimum atomic E-state index is -3.63. The van der Waals surface area contributed by atoms with Crippen LogP contribution in [0.3, 0.4) is 0 Å². The second-order valence-corrected chi connectivity index (χ2v) is 9.53. The highest BCUT2D eigenvalue weighted by Crippen LogP contribution is 2.36. The van der Waals surface area contributed by atoms with Crippen molar-refractivity contribution in [1.82, 2.24) is 10.3 Å². The smallest absolute Gasteiger partial charge is 0.274 e. The van der Waals surface area contributed by atoms with Crippen LogP contribution in [0.1, 0.15) is 22.1 Å². The topological polar surface area (TPSA) is 136 Å². The first kappa shape index (κ1) is 20.2. The van der Waals surface area contributed by atoms with Crippen LogP contribution in [0.4, 0.5) is 10.1 Å². The second kappa shape index (κ2) is 7.33. The second-order valence-electron chi connectivity index (χ2n) is 7.18. The van der Waals surface area contributed by atoms with E-state index in [-0.39, 0.29) is 41.6 Å². The molecule has 1 fully saturated rings. The number of hydrogen-bond acceptors (Lipinski definition) is 8. The highest BCUT2D eigenvalue weighted by atomic mass is 32.2. The maximum absolute atomic E-state index is 14.5. The molecule has 4 rings (SSSR count). The average Bonchev–Trinajstić information content (AvgIpc) is 2.67. The zero-order chi connectivity index (χ0) is 21.5. The van der Waals surface area contributed by atoms with Crippen molar-refractivity contribution >= 4 is 27.3 Å². The van der Waals surface area contributed by atoms with E-state index >= 15 is 0 Å². The molecular weight excluding hydrogens is 413 g/mol. The van der Waals surface area contributed by atoms with Crippen molar-refractivity contribution in [2.24, 2.45) is 10.7 Å². The number of hydrogen-bond donors (Lipinski definition) is 3. The van der Waals surface area contributed by atoms with Gasteiger partial charge in [0.15, 0.2) is 14.6 Å². The van der Waals surface area contributed by atoms with Crippen molar-refractivity contribution in [2.45, 2.75) is 10.8 Å². The number of pyridine rings is 1. The van der Waals surface area contributed by atoms with Crippen molar-refractivity contribution in [3.05, 3.63) is 53.6 Å². The standard InChI is InChI=1S/C19H20FN5O4S/c1-29-12-3-5-15(23-7-12)17(26)24-11-2-4-14(20)13(6-11)16-8-30(27,28)19(9-22-10-19)18(21)25-16/h2-7,16,22H,8-10H2,1H3,(H2,21,25)(H,24,26). The third-order valence-corrected chi connectivity index (χ3v) is 7.82. The van der Waals surface area contributed by atoms with Gasteiger partial charge in [0.1, 0.15) is 23.1 Å². The van der Waals surface area contributed by atoms with Crippen LogP contribution in [-0.2, 0) is 9.84 Å². The van der Waals surface area contributed by atoms with Crippen LogP contribution in [0, 0.1) is 5.82 Å². The van der Waals surface area contributed by atoms with E-state index in [0.717, 1.165) is 6.07 Å². The number of ether oxygens (including phenoxy) is 1. The van der Waals surface area contributed by atoms with Gasteiger partial charge in [-0.15, -0.1) is 0 Å². The van der Waals surface area contributed by atoms with Crippen molar-refractivity contribution in [3.8, 4) is 5.75 Å². The van der Waals surface area contributed by atoms with Gasteiger partial charge in [0.2, 0.25) is 0 Å². The predicted molar refractivity (Wildman–Crippen MR) is 109 cm³/mol. The molecule has 1 spiro atoms. The summed E-state index contributed by atoms with van der Waals surface area (Å²) in [6.45, 7) is 0.398. The van der Waals surface area contributed by atoms with Gasteiger partial charge in [0.05, 0.1) is 25.1 Å². The number of carbonyl (C=O) groups excluding carboxylic acids is 1. The van der Waals surface area contributed by atoms with Gasteiger partial charge in [-0.3, -0.25) is 9.79 Å². The van der Waals surface area contributed by atoms with Crippen LogP contribution in [0.25, 0.3) is 0 Å². The van der Waals surface area contributed by atoms with Crippen molar-refractivity contribution in [3.63, 3.8) is 0 Å². The molecule has 30 heavy (non-hydrogen) atoms. The maximum Gasteiger partial charge on any atom is 0.274 e. The van der Waals surface area contributed by atoms with Crippen LogP contribution in [0.15, 0.2) is 41.5 Å². The molecule has 1 atom stereocenters. The lowest BCUT2D eigenvalue weighted by molar-refractivity contribution is 0.102. The molecule has 3 heterocycles. The highest BCUT2D eigenvalue weighted by molar-refractivity contribution is 7.93. The van der Waals surface area contributed by atoms with Gasteiger partial charge in [0, 0.05) is 24.3 Å². The SMILES string of the molecule is COc1ccc(C(=O)Nc2ccc(F)c(C3CS(=O)(=O)C4(CNC4)C(N)=N3)c2)nc1. The molecule has 9 nitrogen and oxygen atoms in total. The number of anilines is 1. The normalized spacial score (nSPS) is 21.4. The Morgan fingerprint density at radius 3 is 2.67 bits per heavy atom. The molecule has 4 N–H and O–H groups in total. The van der Waals surface area contributed by atoms with E-state index in [1.165, 1.54) is 31.5 Å². The van der Waals surface area contributed by atoms with E-state index in [0.29, 0.717) is 5.75 Å². The Hall–Kier alpha value is -3.05. The molecule has 1 aromatic heterocycles. The predicted octanol–water partition coefficient (Wildman–Crippen LogP) is 0.650. The van der Waals surface area contributed by atoms with Crippen molar-refractivity contribution in [2.75, 3.05) is 31.3 Å². The van der Waals surface area contributed by atoms with Crippen LogP contribution in [0.5, 0.6) is 5.75 Å². The number of nitrogens with one attached hydrogen (secondary N) is 2. The summed E-state index contributed by atoms with van der Waals surface area (Å²) in [5, 5.41) is 5.53. The lowest BCUT2D eigenvalue weighted by atomic mass is 9.99. The Kier molecular flexibility index (Phi) is 4.94. The molecule has 0 bridgehead atoms. The number of sulfone groups is 1. The number of aromatic nitrogens is 1. The number of rotatable bonds is 4. The number of carbonyl (C=O) groups is 1. The fourth-order valence-corrected chi connectivity index (χ4v) is 5.47. The number of halogens is 1. The zero-order valence-electron chi connectivity index (χ0n) is 16.1. The molecule has 11 heteroatoms. The fraction of sp³-hybridized carbons (Fsp3) is 0.316. The van der Waals surface area contributed by atoms with Crippen molar-refractivity contribution < 1.29 is 22.3 Å². The lowest BCUT2D eigenvalue weighted by Gasteiger charge is -2.44. The number of nitrogens with zero attached hydrogens (tertiary/aromatic N) is 2. The van der Waals surface area contributed by atoms with Gasteiger partial charge < -0.3 is 21.1 Å². The Bertz CT molecular complexity index is 1130. The molecule has 2 aromatic rings. The largest absolute Gasteiger partial charge is 0.495 e. The third kappa shape index (κ3) is 3.29. The number of methoxy groups -OCH3 is 1. The molecule has 2 aliphatic rings. The minimum absolute atomic E-state index is 0.0197. The Morgan fingerprint density at radius 2 is 2.10 bits per heavy atom. The fourth-order valence-electron chi connectivity index (χ4n) is 3.47. The molecule has 0 aliphatic carbocycles. The number of benzene rings is 1. The molecule has 1 aromatic carbocycles. The van der Waals surface area contributed by atoms with Gasteiger partial charge in [-0.1, -0.05) is 0 Å². The van der Waals surface area contributed by atoms with Gasteiger partial charge in [-0.25, -0.2) is 17.8 Å². The van der Waals surface area contributed by atoms with Gasteiger partial charge >= 0.3 is 0 Å². The number of amidine groups is 1. The van der Waals surface area contributed by atoms with Gasteiger partial charge in [0.25, 0.3) is 5.91 Å². The summed E-state index contributed by atoms with van der Waals surface area (Å²) >= 11 is 0. The third-order valence-electron chi connectivity index (χ3n) is 5.37. The average molecular weight is 433 g/mol. The molecule has 0 radical (unpaired) electrons. The molecule has 1 amide bonds. The Balaban J connectivity index is 1.60. The number of amides is 1. The number of nitrogens with two attached hydrogens (primary N) is 1. The molecule has 1 saturated heterocycles. The van der Waals surface area contributed by atoms with Crippen LogP contribution >= 0.6 is 0 Å². The summed E-state index contributed by atoms with van der Waals surface area (Å²) < 4.78 is 43.9. The summed E-state index contributed by atoms with van der Waals surface area (Å²) in [6.07, 6.45) is 1.40. The zero-order valence-corrected chi connectivity index (χ0v) is 16.9. The quantitative estimate of drug-likeness (QED) is 0.644. The first-order valence-corrected chi connectivity index (χ1v) is 10.8. The first-order chi connectivity index (χ1) is 14.3. The molecule has 158 valence electrons.